The monoisotopic (exact) mass is 277 g/mol. The molecule has 0 radical (unpaired) electrons. The van der Waals surface area contributed by atoms with Gasteiger partial charge in [0.2, 0.25) is 0 Å². The maximum absolute atomic E-state index is 13.9. The van der Waals surface area contributed by atoms with Crippen LogP contribution in [-0.4, -0.2) is 0 Å². The fraction of sp³-hybridized carbons (Fsp3) is 0.250. The minimum atomic E-state index is -0.626. The zero-order chi connectivity index (χ0) is 14.0. The average Bonchev–Trinajstić information content (AvgIpc) is 2.35. The Hall–Kier alpha value is -1.38. The molecule has 3 heteroatoms. The maximum atomic E-state index is 13.9. The van der Waals surface area contributed by atoms with Crippen molar-refractivity contribution in [3.05, 3.63) is 70.0 Å². The van der Waals surface area contributed by atoms with Gasteiger partial charge in [-0.1, -0.05) is 53.6 Å². The molecule has 0 fully saturated rings. The Labute approximate surface area is 118 Å². The molecule has 1 nitrogen and oxygen atoms in total. The summed E-state index contributed by atoms with van der Waals surface area (Å²) in [5, 5.41) is 0.136. The molecule has 2 N–H and O–H groups in total. The van der Waals surface area contributed by atoms with Crippen LogP contribution in [-0.2, 0) is 12.0 Å². The molecule has 0 aromatic heterocycles. The lowest BCUT2D eigenvalue weighted by molar-refractivity contribution is 0.475. The Kier molecular flexibility index (Phi) is 3.93. The first-order valence-electron chi connectivity index (χ1n) is 6.19. The normalized spacial score (nSPS) is 14.2. The Morgan fingerprint density at radius 1 is 1.16 bits per heavy atom. The molecule has 1 atom stereocenters. The summed E-state index contributed by atoms with van der Waals surface area (Å²) < 4.78 is 13.9. The van der Waals surface area contributed by atoms with Crippen LogP contribution in [0.2, 0.25) is 5.02 Å². The summed E-state index contributed by atoms with van der Waals surface area (Å²) in [6.45, 7) is 3.92. The largest absolute Gasteiger partial charge is 0.321 e. The van der Waals surface area contributed by atoms with E-state index in [2.05, 4.69) is 0 Å². The van der Waals surface area contributed by atoms with Gasteiger partial charge in [-0.05, 0) is 37.5 Å². The first kappa shape index (κ1) is 14.0. The zero-order valence-electron chi connectivity index (χ0n) is 11.1. The Bertz CT molecular complexity index is 576. The van der Waals surface area contributed by atoms with Crippen molar-refractivity contribution in [1.82, 2.24) is 0 Å². The molecule has 0 heterocycles. The molecule has 100 valence electrons. The SMILES string of the molecule is Cc1ccc(C(C)(N)Cc2cccc(Cl)c2F)cc1. The standard InChI is InChI=1S/C16H17ClFN/c1-11-6-8-13(9-7-11)16(2,19)10-12-4-3-5-14(17)15(12)18/h3-9H,10,19H2,1-2H3. The van der Waals surface area contributed by atoms with Gasteiger partial charge in [-0.3, -0.25) is 0 Å². The van der Waals surface area contributed by atoms with Crippen LogP contribution in [0.5, 0.6) is 0 Å². The van der Waals surface area contributed by atoms with Gasteiger partial charge in [0.25, 0.3) is 0 Å². The lowest BCUT2D eigenvalue weighted by Crippen LogP contribution is -2.35. The van der Waals surface area contributed by atoms with Gasteiger partial charge in [-0.2, -0.15) is 0 Å². The van der Waals surface area contributed by atoms with Gasteiger partial charge in [0, 0.05) is 5.54 Å². The summed E-state index contributed by atoms with van der Waals surface area (Å²) in [4.78, 5) is 0. The van der Waals surface area contributed by atoms with Crippen molar-refractivity contribution in [3.8, 4) is 0 Å². The smallest absolute Gasteiger partial charge is 0.145 e. The molecule has 0 aliphatic rings. The van der Waals surface area contributed by atoms with Crippen molar-refractivity contribution in [3.63, 3.8) is 0 Å². The third kappa shape index (κ3) is 3.14. The van der Waals surface area contributed by atoms with E-state index in [-0.39, 0.29) is 10.8 Å². The van der Waals surface area contributed by atoms with E-state index in [1.54, 1.807) is 18.2 Å². The second kappa shape index (κ2) is 5.32. The van der Waals surface area contributed by atoms with Gasteiger partial charge in [0.15, 0.2) is 0 Å². The molecule has 0 saturated heterocycles. The first-order valence-corrected chi connectivity index (χ1v) is 6.57. The Morgan fingerprint density at radius 2 is 1.79 bits per heavy atom. The molecule has 1 unspecified atom stereocenters. The van der Waals surface area contributed by atoms with E-state index in [4.69, 9.17) is 17.3 Å². The molecule has 19 heavy (non-hydrogen) atoms. The van der Waals surface area contributed by atoms with E-state index in [1.165, 1.54) is 5.56 Å². The summed E-state index contributed by atoms with van der Waals surface area (Å²) in [6.07, 6.45) is 0.405. The van der Waals surface area contributed by atoms with Crippen molar-refractivity contribution < 1.29 is 4.39 Å². The van der Waals surface area contributed by atoms with E-state index in [9.17, 15) is 4.39 Å². The predicted octanol–water partition coefficient (Wildman–Crippen LogP) is 4.20. The molecular weight excluding hydrogens is 261 g/mol. The number of aryl methyl sites for hydroxylation is 1. The summed E-state index contributed by atoms with van der Waals surface area (Å²) in [5.74, 6) is -0.382. The van der Waals surface area contributed by atoms with Crippen LogP contribution in [0.15, 0.2) is 42.5 Å². The highest BCUT2D eigenvalue weighted by Crippen LogP contribution is 2.26. The minimum Gasteiger partial charge on any atom is -0.321 e. The van der Waals surface area contributed by atoms with E-state index >= 15 is 0 Å². The minimum absolute atomic E-state index is 0.136. The van der Waals surface area contributed by atoms with Crippen LogP contribution in [0.1, 0.15) is 23.6 Å². The molecular formula is C16H17ClFN. The van der Waals surface area contributed by atoms with E-state index in [0.717, 1.165) is 5.56 Å². The molecule has 0 saturated carbocycles. The number of benzene rings is 2. The lowest BCUT2D eigenvalue weighted by Gasteiger charge is -2.26. The Balaban J connectivity index is 2.30. The molecule has 0 amide bonds. The van der Waals surface area contributed by atoms with Gasteiger partial charge in [-0.25, -0.2) is 4.39 Å². The zero-order valence-corrected chi connectivity index (χ0v) is 11.8. The van der Waals surface area contributed by atoms with Gasteiger partial charge in [-0.15, -0.1) is 0 Å². The van der Waals surface area contributed by atoms with Gasteiger partial charge >= 0.3 is 0 Å². The van der Waals surface area contributed by atoms with Crippen LogP contribution in [0.3, 0.4) is 0 Å². The number of hydrogen-bond acceptors (Lipinski definition) is 1. The third-order valence-corrected chi connectivity index (χ3v) is 3.59. The second-order valence-electron chi connectivity index (χ2n) is 5.17. The average molecular weight is 278 g/mol. The molecule has 0 spiro atoms. The number of hydrogen-bond donors (Lipinski definition) is 1. The highest BCUT2D eigenvalue weighted by atomic mass is 35.5. The van der Waals surface area contributed by atoms with Gasteiger partial charge in [0.1, 0.15) is 5.82 Å². The lowest BCUT2D eigenvalue weighted by atomic mass is 9.86. The molecule has 0 bridgehead atoms. The summed E-state index contributed by atoms with van der Waals surface area (Å²) in [6, 6.07) is 13.0. The number of nitrogens with two attached hydrogens (primary N) is 1. The van der Waals surface area contributed by atoms with E-state index in [0.29, 0.717) is 12.0 Å². The van der Waals surface area contributed by atoms with Gasteiger partial charge in [0.05, 0.1) is 5.02 Å². The number of halogens is 2. The van der Waals surface area contributed by atoms with Gasteiger partial charge < -0.3 is 5.73 Å². The second-order valence-corrected chi connectivity index (χ2v) is 5.58. The molecule has 2 aromatic rings. The quantitative estimate of drug-likeness (QED) is 0.894. The van der Waals surface area contributed by atoms with Crippen molar-refractivity contribution in [2.75, 3.05) is 0 Å². The van der Waals surface area contributed by atoms with Crippen molar-refractivity contribution >= 4 is 11.6 Å². The van der Waals surface area contributed by atoms with Crippen LogP contribution in [0.25, 0.3) is 0 Å². The van der Waals surface area contributed by atoms with Crippen LogP contribution < -0.4 is 5.73 Å². The molecule has 2 rings (SSSR count). The van der Waals surface area contributed by atoms with Crippen LogP contribution in [0, 0.1) is 12.7 Å². The summed E-state index contributed by atoms with van der Waals surface area (Å²) >= 11 is 5.79. The highest BCUT2D eigenvalue weighted by Gasteiger charge is 2.23. The topological polar surface area (TPSA) is 26.0 Å². The highest BCUT2D eigenvalue weighted by molar-refractivity contribution is 6.30. The predicted molar refractivity (Wildman–Crippen MR) is 77.8 cm³/mol. The summed E-state index contributed by atoms with van der Waals surface area (Å²) in [5.41, 5.74) is 8.40. The van der Waals surface area contributed by atoms with Crippen LogP contribution in [0.4, 0.5) is 4.39 Å². The van der Waals surface area contributed by atoms with E-state index in [1.807, 2.05) is 38.1 Å². The van der Waals surface area contributed by atoms with Crippen molar-refractivity contribution in [2.24, 2.45) is 5.73 Å². The first-order chi connectivity index (χ1) is 8.90. The fourth-order valence-corrected chi connectivity index (χ4v) is 2.31. The molecule has 0 aliphatic heterocycles. The fourth-order valence-electron chi connectivity index (χ4n) is 2.12. The molecule has 0 aliphatic carbocycles. The summed E-state index contributed by atoms with van der Waals surface area (Å²) in [7, 11) is 0. The third-order valence-electron chi connectivity index (χ3n) is 3.30. The number of rotatable bonds is 3. The van der Waals surface area contributed by atoms with Crippen molar-refractivity contribution in [1.29, 1.82) is 0 Å². The van der Waals surface area contributed by atoms with E-state index < -0.39 is 5.54 Å². The van der Waals surface area contributed by atoms with Crippen molar-refractivity contribution in [2.45, 2.75) is 25.8 Å². The molecule has 2 aromatic carbocycles. The van der Waals surface area contributed by atoms with Crippen LogP contribution >= 0.6 is 11.6 Å². The maximum Gasteiger partial charge on any atom is 0.145 e. The Morgan fingerprint density at radius 3 is 2.42 bits per heavy atom.